The zero-order valence-electron chi connectivity index (χ0n) is 9.67. The molecular weight excluding hydrogens is 245 g/mol. The monoisotopic (exact) mass is 258 g/mol. The van der Waals surface area contributed by atoms with E-state index in [4.69, 9.17) is 4.74 Å². The highest BCUT2D eigenvalue weighted by atomic mass is 19.4. The van der Waals surface area contributed by atoms with Gasteiger partial charge in [0.25, 0.3) is 0 Å². The van der Waals surface area contributed by atoms with Gasteiger partial charge in [-0.3, -0.25) is 4.79 Å². The van der Waals surface area contributed by atoms with Crippen molar-refractivity contribution >= 4 is 5.97 Å². The Morgan fingerprint density at radius 3 is 2.44 bits per heavy atom. The van der Waals surface area contributed by atoms with Gasteiger partial charge in [0, 0.05) is 6.42 Å². The topological polar surface area (TPSA) is 26.3 Å². The summed E-state index contributed by atoms with van der Waals surface area (Å²) in [6, 6.07) is 8.16. The van der Waals surface area contributed by atoms with Gasteiger partial charge in [-0.25, -0.2) is 0 Å². The lowest BCUT2D eigenvalue weighted by molar-refractivity contribution is -0.206. The number of halogens is 3. The van der Waals surface area contributed by atoms with Crippen LogP contribution < -0.4 is 0 Å². The maximum absolute atomic E-state index is 12.7. The normalized spacial score (nSPS) is 24.7. The molecule has 1 aliphatic heterocycles. The minimum atomic E-state index is -4.37. The molecule has 1 heterocycles. The molecule has 1 fully saturated rings. The number of benzene rings is 1. The molecule has 0 amide bonds. The number of alkyl halides is 3. The van der Waals surface area contributed by atoms with E-state index in [-0.39, 0.29) is 12.8 Å². The first-order valence-corrected chi connectivity index (χ1v) is 5.75. The lowest BCUT2D eigenvalue weighted by atomic mass is 9.83. The lowest BCUT2D eigenvalue weighted by Gasteiger charge is -2.37. The van der Waals surface area contributed by atoms with Crippen molar-refractivity contribution in [1.82, 2.24) is 0 Å². The Morgan fingerprint density at radius 1 is 1.22 bits per heavy atom. The van der Waals surface area contributed by atoms with Gasteiger partial charge in [-0.2, -0.15) is 13.2 Å². The van der Waals surface area contributed by atoms with Gasteiger partial charge >= 0.3 is 12.1 Å². The maximum atomic E-state index is 12.7. The molecule has 0 aromatic heterocycles. The molecule has 0 spiro atoms. The smallest absolute Gasteiger partial charge is 0.393 e. The van der Waals surface area contributed by atoms with Gasteiger partial charge in [0.15, 0.2) is 0 Å². The quantitative estimate of drug-likeness (QED) is 0.758. The average Bonchev–Trinajstić information content (AvgIpc) is 2.28. The number of carbonyl (C=O) groups excluding carboxylic acids is 1. The summed E-state index contributed by atoms with van der Waals surface area (Å²) >= 11 is 0. The van der Waals surface area contributed by atoms with E-state index in [1.165, 1.54) is 0 Å². The van der Waals surface area contributed by atoms with E-state index in [2.05, 4.69) is 0 Å². The molecule has 2 rings (SSSR count). The molecule has 1 atom stereocenters. The fourth-order valence-corrected chi connectivity index (χ4v) is 2.33. The summed E-state index contributed by atoms with van der Waals surface area (Å²) in [7, 11) is 0. The molecule has 0 aliphatic carbocycles. The number of cyclic esters (lactones) is 1. The number of ether oxygens (including phenoxy) is 1. The molecule has 1 aromatic carbocycles. The molecule has 2 nitrogen and oxygen atoms in total. The second-order valence-electron chi connectivity index (χ2n) is 4.48. The van der Waals surface area contributed by atoms with Gasteiger partial charge < -0.3 is 4.74 Å². The van der Waals surface area contributed by atoms with Crippen molar-refractivity contribution in [3.8, 4) is 0 Å². The Hall–Kier alpha value is -1.52. The third kappa shape index (κ3) is 2.83. The zero-order valence-corrected chi connectivity index (χ0v) is 9.67. The van der Waals surface area contributed by atoms with Crippen molar-refractivity contribution in [2.24, 2.45) is 0 Å². The number of esters is 1. The molecule has 1 aliphatic rings. The Bertz CT molecular complexity index is 428. The van der Waals surface area contributed by atoms with Crippen molar-refractivity contribution in [3.63, 3.8) is 0 Å². The summed E-state index contributed by atoms with van der Waals surface area (Å²) in [4.78, 5) is 11.3. The van der Waals surface area contributed by atoms with Crippen LogP contribution in [0.15, 0.2) is 30.3 Å². The zero-order chi connectivity index (χ0) is 13.2. The van der Waals surface area contributed by atoms with E-state index in [0.717, 1.165) is 0 Å². The van der Waals surface area contributed by atoms with Gasteiger partial charge in [-0.1, -0.05) is 30.3 Å². The SMILES string of the molecule is O=C1CCC[C@](CC(F)(F)F)(c2ccccc2)O1. The summed E-state index contributed by atoms with van der Waals surface area (Å²) in [5.41, 5.74) is -1.13. The maximum Gasteiger partial charge on any atom is 0.393 e. The van der Waals surface area contributed by atoms with Crippen LogP contribution in [0.1, 0.15) is 31.2 Å². The van der Waals surface area contributed by atoms with Crippen LogP contribution in [0.5, 0.6) is 0 Å². The van der Waals surface area contributed by atoms with Gasteiger partial charge in [-0.05, 0) is 18.4 Å². The summed E-state index contributed by atoms with van der Waals surface area (Å²) in [5.74, 6) is -0.561. The van der Waals surface area contributed by atoms with Crippen LogP contribution in [0.2, 0.25) is 0 Å². The van der Waals surface area contributed by atoms with E-state index in [0.29, 0.717) is 12.0 Å². The Balaban J connectivity index is 2.36. The number of carbonyl (C=O) groups is 1. The minimum Gasteiger partial charge on any atom is -0.454 e. The number of rotatable bonds is 2. The summed E-state index contributed by atoms with van der Waals surface area (Å²) < 4.78 is 43.2. The van der Waals surface area contributed by atoms with Gasteiger partial charge in [0.1, 0.15) is 5.60 Å². The fraction of sp³-hybridized carbons (Fsp3) is 0.462. The fourth-order valence-electron chi connectivity index (χ4n) is 2.33. The third-order valence-corrected chi connectivity index (χ3v) is 3.06. The van der Waals surface area contributed by atoms with E-state index in [9.17, 15) is 18.0 Å². The molecule has 1 saturated heterocycles. The number of hydrogen-bond acceptors (Lipinski definition) is 2. The van der Waals surface area contributed by atoms with Crippen LogP contribution in [0.3, 0.4) is 0 Å². The van der Waals surface area contributed by atoms with E-state index < -0.39 is 24.2 Å². The van der Waals surface area contributed by atoms with Gasteiger partial charge in [0.2, 0.25) is 0 Å². The highest BCUT2D eigenvalue weighted by Gasteiger charge is 2.47. The van der Waals surface area contributed by atoms with Crippen LogP contribution >= 0.6 is 0 Å². The van der Waals surface area contributed by atoms with Crippen LogP contribution in [-0.4, -0.2) is 12.1 Å². The first-order valence-electron chi connectivity index (χ1n) is 5.75. The third-order valence-electron chi connectivity index (χ3n) is 3.06. The highest BCUT2D eigenvalue weighted by molar-refractivity contribution is 5.71. The predicted octanol–water partition coefficient (Wildman–Crippen LogP) is 3.56. The van der Waals surface area contributed by atoms with Gasteiger partial charge in [-0.15, -0.1) is 0 Å². The largest absolute Gasteiger partial charge is 0.454 e. The predicted molar refractivity (Wildman–Crippen MR) is 58.7 cm³/mol. The number of hydrogen-bond donors (Lipinski definition) is 0. The van der Waals surface area contributed by atoms with Crippen LogP contribution in [0, 0.1) is 0 Å². The second kappa shape index (κ2) is 4.63. The van der Waals surface area contributed by atoms with E-state index >= 15 is 0 Å². The highest BCUT2D eigenvalue weighted by Crippen LogP contribution is 2.43. The summed E-state index contributed by atoms with van der Waals surface area (Å²) in [5, 5.41) is 0. The Kier molecular flexibility index (Phi) is 3.32. The molecule has 0 N–H and O–H groups in total. The van der Waals surface area contributed by atoms with Crippen molar-refractivity contribution < 1.29 is 22.7 Å². The van der Waals surface area contributed by atoms with Crippen LogP contribution in [-0.2, 0) is 15.1 Å². The van der Waals surface area contributed by atoms with Crippen molar-refractivity contribution in [3.05, 3.63) is 35.9 Å². The molecule has 0 bridgehead atoms. The van der Waals surface area contributed by atoms with E-state index in [1.807, 2.05) is 0 Å². The van der Waals surface area contributed by atoms with Crippen molar-refractivity contribution in [2.45, 2.75) is 37.5 Å². The molecule has 5 heteroatoms. The summed E-state index contributed by atoms with van der Waals surface area (Å²) in [6.07, 6.45) is -4.68. The second-order valence-corrected chi connectivity index (χ2v) is 4.48. The molecule has 0 saturated carbocycles. The van der Waals surface area contributed by atoms with Crippen LogP contribution in [0.4, 0.5) is 13.2 Å². The molecule has 98 valence electrons. The van der Waals surface area contributed by atoms with Crippen LogP contribution in [0.25, 0.3) is 0 Å². The first-order chi connectivity index (χ1) is 8.41. The lowest BCUT2D eigenvalue weighted by Crippen LogP contribution is -2.40. The molecular formula is C13H13F3O2. The minimum absolute atomic E-state index is 0.187. The molecule has 0 unspecified atom stereocenters. The van der Waals surface area contributed by atoms with Crippen molar-refractivity contribution in [2.75, 3.05) is 0 Å². The standard InChI is InChI=1S/C13H13F3O2/c14-13(15,16)9-12(8-4-7-11(17)18-12)10-5-2-1-3-6-10/h1-3,5-6H,4,7-9H2/t12-/m0/s1. The first kappa shape index (κ1) is 12.9. The Labute approximate surface area is 103 Å². The average molecular weight is 258 g/mol. The van der Waals surface area contributed by atoms with Gasteiger partial charge in [0.05, 0.1) is 6.42 Å². The van der Waals surface area contributed by atoms with E-state index in [1.54, 1.807) is 30.3 Å². The summed E-state index contributed by atoms with van der Waals surface area (Å²) in [6.45, 7) is 0. The Morgan fingerprint density at radius 2 is 1.89 bits per heavy atom. The molecule has 1 aromatic rings. The van der Waals surface area contributed by atoms with Crippen molar-refractivity contribution in [1.29, 1.82) is 0 Å². The molecule has 18 heavy (non-hydrogen) atoms. The molecule has 0 radical (unpaired) electrons.